The molecule has 0 aliphatic heterocycles. The Bertz CT molecular complexity index is 113. The van der Waals surface area contributed by atoms with E-state index in [2.05, 4.69) is 35.8 Å². The number of hydrogen-bond acceptors (Lipinski definition) is 1. The highest BCUT2D eigenvalue weighted by Crippen LogP contribution is 2.24. The second-order valence-electron chi connectivity index (χ2n) is 2.94. The molecule has 2 heteroatoms. The van der Waals surface area contributed by atoms with Gasteiger partial charge in [-0.05, 0) is 11.8 Å². The first-order valence-corrected chi connectivity index (χ1v) is 4.17. The minimum atomic E-state index is 0.193. The van der Waals surface area contributed by atoms with Crippen LogP contribution < -0.4 is 0 Å². The molecule has 0 bridgehead atoms. The van der Waals surface area contributed by atoms with Crippen LogP contribution in [-0.2, 0) is 0 Å². The molecular formula is C7H12BrN. The summed E-state index contributed by atoms with van der Waals surface area (Å²) in [6.45, 7) is 4.22. The Hall–Kier alpha value is -0.0300. The monoisotopic (exact) mass is 189 g/mol. The van der Waals surface area contributed by atoms with E-state index in [4.69, 9.17) is 5.26 Å². The minimum absolute atomic E-state index is 0.193. The van der Waals surface area contributed by atoms with Gasteiger partial charge in [0.15, 0.2) is 0 Å². The summed E-state index contributed by atoms with van der Waals surface area (Å²) in [5.74, 6) is 0. The van der Waals surface area contributed by atoms with Gasteiger partial charge in [-0.25, -0.2) is 0 Å². The summed E-state index contributed by atoms with van der Waals surface area (Å²) in [4.78, 5) is 0. The summed E-state index contributed by atoms with van der Waals surface area (Å²) in [5, 5.41) is 9.35. The van der Waals surface area contributed by atoms with Crippen molar-refractivity contribution in [3.8, 4) is 6.07 Å². The molecule has 0 saturated carbocycles. The summed E-state index contributed by atoms with van der Waals surface area (Å²) in [7, 11) is 0. The molecule has 0 fully saturated rings. The number of nitrogens with zero attached hydrogens (tertiary/aromatic N) is 1. The van der Waals surface area contributed by atoms with Crippen molar-refractivity contribution in [2.75, 3.05) is 5.33 Å². The predicted octanol–water partition coefficient (Wildman–Crippen LogP) is 2.71. The van der Waals surface area contributed by atoms with Gasteiger partial charge in [0, 0.05) is 11.8 Å². The number of rotatable bonds is 3. The quantitative estimate of drug-likeness (QED) is 0.627. The second kappa shape index (κ2) is 3.90. The predicted molar refractivity (Wildman–Crippen MR) is 42.4 cm³/mol. The molecule has 0 aromatic rings. The van der Waals surface area contributed by atoms with E-state index < -0.39 is 0 Å². The highest BCUT2D eigenvalue weighted by Gasteiger charge is 2.15. The Labute approximate surface area is 65.2 Å². The maximum absolute atomic E-state index is 8.36. The second-order valence-corrected chi connectivity index (χ2v) is 3.73. The first kappa shape index (κ1) is 8.97. The van der Waals surface area contributed by atoms with E-state index in [9.17, 15) is 0 Å². The van der Waals surface area contributed by atoms with E-state index in [1.54, 1.807) is 0 Å². The molecule has 0 aromatic carbocycles. The summed E-state index contributed by atoms with van der Waals surface area (Å²) < 4.78 is 0. The van der Waals surface area contributed by atoms with Crippen LogP contribution in [0.4, 0.5) is 0 Å². The van der Waals surface area contributed by atoms with Gasteiger partial charge >= 0.3 is 0 Å². The van der Waals surface area contributed by atoms with Gasteiger partial charge in [0.2, 0.25) is 0 Å². The molecule has 0 radical (unpaired) electrons. The third-order valence-electron chi connectivity index (χ3n) is 1.33. The van der Waals surface area contributed by atoms with Gasteiger partial charge in [-0.1, -0.05) is 29.8 Å². The molecule has 0 rings (SSSR count). The number of halogens is 1. The normalized spacial score (nSPS) is 10.9. The van der Waals surface area contributed by atoms with Crippen LogP contribution in [0, 0.1) is 16.7 Å². The highest BCUT2D eigenvalue weighted by atomic mass is 79.9. The Kier molecular flexibility index (Phi) is 3.88. The molecule has 52 valence electrons. The van der Waals surface area contributed by atoms with Gasteiger partial charge < -0.3 is 0 Å². The largest absolute Gasteiger partial charge is 0.198 e. The first-order valence-electron chi connectivity index (χ1n) is 3.05. The third-order valence-corrected chi connectivity index (χ3v) is 1.73. The van der Waals surface area contributed by atoms with E-state index in [1.165, 1.54) is 0 Å². The van der Waals surface area contributed by atoms with Crippen LogP contribution in [0.3, 0.4) is 0 Å². The standard InChI is InChI=1S/C7H12BrN/c1-7(2,3-5-8)4-6-9/h3-5H2,1-2H3. The molecule has 0 aromatic heterocycles. The fourth-order valence-electron chi connectivity index (χ4n) is 0.558. The zero-order valence-electron chi connectivity index (χ0n) is 5.95. The van der Waals surface area contributed by atoms with Gasteiger partial charge in [0.25, 0.3) is 0 Å². The summed E-state index contributed by atoms with van der Waals surface area (Å²) in [5.41, 5.74) is 0.193. The van der Waals surface area contributed by atoms with Crippen molar-refractivity contribution in [3.05, 3.63) is 0 Å². The fourth-order valence-corrected chi connectivity index (χ4v) is 1.63. The Morgan fingerprint density at radius 1 is 1.56 bits per heavy atom. The van der Waals surface area contributed by atoms with E-state index in [0.29, 0.717) is 6.42 Å². The molecule has 0 N–H and O–H groups in total. The third kappa shape index (κ3) is 4.47. The maximum atomic E-state index is 8.36. The average molecular weight is 190 g/mol. The Morgan fingerprint density at radius 2 is 2.11 bits per heavy atom. The zero-order chi connectivity index (χ0) is 7.33. The van der Waals surface area contributed by atoms with Crippen molar-refractivity contribution in [1.29, 1.82) is 5.26 Å². The van der Waals surface area contributed by atoms with Crippen LogP contribution in [0.2, 0.25) is 0 Å². The minimum Gasteiger partial charge on any atom is -0.198 e. The maximum Gasteiger partial charge on any atom is 0.0627 e. The molecule has 0 unspecified atom stereocenters. The molecule has 0 aliphatic rings. The molecule has 0 amide bonds. The van der Waals surface area contributed by atoms with Crippen molar-refractivity contribution in [1.82, 2.24) is 0 Å². The smallest absolute Gasteiger partial charge is 0.0627 e. The molecule has 0 heterocycles. The summed E-state index contributed by atoms with van der Waals surface area (Å²) >= 11 is 3.35. The van der Waals surface area contributed by atoms with E-state index >= 15 is 0 Å². The topological polar surface area (TPSA) is 23.8 Å². The summed E-state index contributed by atoms with van der Waals surface area (Å²) in [6, 6.07) is 2.17. The molecule has 0 spiro atoms. The Morgan fingerprint density at radius 3 is 2.44 bits per heavy atom. The molecule has 0 aliphatic carbocycles. The van der Waals surface area contributed by atoms with E-state index in [1.807, 2.05) is 0 Å². The molecular weight excluding hydrogens is 178 g/mol. The van der Waals surface area contributed by atoms with Crippen LogP contribution >= 0.6 is 15.9 Å². The lowest BCUT2D eigenvalue weighted by Gasteiger charge is -2.18. The van der Waals surface area contributed by atoms with Crippen molar-refractivity contribution in [2.45, 2.75) is 26.7 Å². The highest BCUT2D eigenvalue weighted by molar-refractivity contribution is 9.09. The first-order chi connectivity index (χ1) is 4.12. The van der Waals surface area contributed by atoms with Gasteiger partial charge in [-0.3, -0.25) is 0 Å². The molecule has 9 heavy (non-hydrogen) atoms. The SMILES string of the molecule is CC(C)(CC#N)CCBr. The fraction of sp³-hybridized carbons (Fsp3) is 0.857. The number of hydrogen-bond donors (Lipinski definition) is 0. The van der Waals surface area contributed by atoms with Crippen molar-refractivity contribution < 1.29 is 0 Å². The average Bonchev–Trinajstić information content (AvgIpc) is 1.64. The molecule has 0 atom stereocenters. The van der Waals surface area contributed by atoms with Gasteiger partial charge in [0.05, 0.1) is 6.07 Å². The molecule has 0 saturated heterocycles. The van der Waals surface area contributed by atoms with Gasteiger partial charge in [0.1, 0.15) is 0 Å². The van der Waals surface area contributed by atoms with Crippen LogP contribution in [-0.4, -0.2) is 5.33 Å². The van der Waals surface area contributed by atoms with Crippen molar-refractivity contribution in [2.24, 2.45) is 5.41 Å². The van der Waals surface area contributed by atoms with Crippen LogP contribution in [0.15, 0.2) is 0 Å². The summed E-state index contributed by atoms with van der Waals surface area (Å²) in [6.07, 6.45) is 1.72. The zero-order valence-corrected chi connectivity index (χ0v) is 7.53. The van der Waals surface area contributed by atoms with E-state index in [-0.39, 0.29) is 5.41 Å². The van der Waals surface area contributed by atoms with Gasteiger partial charge in [-0.2, -0.15) is 5.26 Å². The van der Waals surface area contributed by atoms with Crippen molar-refractivity contribution in [3.63, 3.8) is 0 Å². The lowest BCUT2D eigenvalue weighted by Crippen LogP contribution is -2.10. The van der Waals surface area contributed by atoms with Crippen LogP contribution in [0.25, 0.3) is 0 Å². The Balaban J connectivity index is 3.59. The lowest BCUT2D eigenvalue weighted by atomic mass is 9.87. The van der Waals surface area contributed by atoms with Crippen LogP contribution in [0.1, 0.15) is 26.7 Å². The van der Waals surface area contributed by atoms with Crippen LogP contribution in [0.5, 0.6) is 0 Å². The van der Waals surface area contributed by atoms with E-state index in [0.717, 1.165) is 11.8 Å². The lowest BCUT2D eigenvalue weighted by molar-refractivity contribution is 0.365. The van der Waals surface area contributed by atoms with Gasteiger partial charge in [-0.15, -0.1) is 0 Å². The van der Waals surface area contributed by atoms with Crippen molar-refractivity contribution >= 4 is 15.9 Å². The molecule has 1 nitrogen and oxygen atoms in total. The number of alkyl halides is 1. The number of nitriles is 1.